The molecule has 2 aliphatic rings. The molecular formula is C22H23F3N2O5S. The lowest BCUT2D eigenvalue weighted by Crippen LogP contribution is -2.49. The van der Waals surface area contributed by atoms with Crippen LogP contribution < -0.4 is 4.74 Å². The number of piperidine rings is 1. The van der Waals surface area contributed by atoms with Crippen LogP contribution in [0.15, 0.2) is 59.5 Å². The maximum atomic E-state index is 12.9. The molecule has 0 spiro atoms. The van der Waals surface area contributed by atoms with Crippen molar-refractivity contribution in [2.45, 2.75) is 49.2 Å². The van der Waals surface area contributed by atoms with Crippen molar-refractivity contribution in [3.05, 3.63) is 60.2 Å². The lowest BCUT2D eigenvalue weighted by molar-refractivity contribution is -0.274. The number of halogens is 3. The van der Waals surface area contributed by atoms with Gasteiger partial charge in [-0.15, -0.1) is 13.2 Å². The molecule has 0 saturated carbocycles. The standard InChI is InChI=1S/C22H23F3N2O5S/c1-15-20(16-5-3-2-4-6-16)31-21(28)27(15)17-11-13-26(14-12-17)33(29,30)19-9-7-18(8-10-19)32-22(23,24)25/h2-10,15,17,20H,11-14H2,1H3. The maximum absolute atomic E-state index is 12.9. The molecule has 33 heavy (non-hydrogen) atoms. The molecule has 7 nitrogen and oxygen atoms in total. The molecule has 2 aliphatic heterocycles. The number of hydrogen-bond donors (Lipinski definition) is 0. The van der Waals surface area contributed by atoms with Crippen molar-refractivity contribution in [3.63, 3.8) is 0 Å². The Labute approximate surface area is 189 Å². The molecular weight excluding hydrogens is 461 g/mol. The topological polar surface area (TPSA) is 76.2 Å². The number of carbonyl (C=O) groups excluding carboxylic acids is 1. The Kier molecular flexibility index (Phi) is 6.28. The number of rotatable bonds is 5. The van der Waals surface area contributed by atoms with E-state index in [2.05, 4.69) is 4.74 Å². The van der Waals surface area contributed by atoms with Crippen LogP contribution in [0.25, 0.3) is 0 Å². The van der Waals surface area contributed by atoms with Crippen LogP contribution in [0.2, 0.25) is 0 Å². The van der Waals surface area contributed by atoms with E-state index in [1.54, 1.807) is 4.90 Å². The Morgan fingerprint density at radius 1 is 1.00 bits per heavy atom. The van der Waals surface area contributed by atoms with Crippen LogP contribution in [0.3, 0.4) is 0 Å². The molecule has 2 aromatic carbocycles. The van der Waals surface area contributed by atoms with E-state index in [0.717, 1.165) is 29.8 Å². The number of alkyl halides is 3. The van der Waals surface area contributed by atoms with E-state index in [1.165, 1.54) is 4.31 Å². The van der Waals surface area contributed by atoms with E-state index in [-0.39, 0.29) is 30.1 Å². The van der Waals surface area contributed by atoms with Gasteiger partial charge < -0.3 is 9.47 Å². The van der Waals surface area contributed by atoms with E-state index < -0.39 is 34.3 Å². The second kappa shape index (κ2) is 8.86. The third-order valence-electron chi connectivity index (χ3n) is 5.96. The predicted octanol–water partition coefficient (Wildman–Crippen LogP) is 4.32. The monoisotopic (exact) mass is 484 g/mol. The Bertz CT molecular complexity index is 1090. The number of ether oxygens (including phenoxy) is 2. The molecule has 2 unspecified atom stereocenters. The minimum atomic E-state index is -4.85. The highest BCUT2D eigenvalue weighted by Gasteiger charge is 2.44. The molecule has 1 amide bonds. The van der Waals surface area contributed by atoms with Gasteiger partial charge >= 0.3 is 12.5 Å². The predicted molar refractivity (Wildman–Crippen MR) is 112 cm³/mol. The van der Waals surface area contributed by atoms with Crippen LogP contribution in [0.1, 0.15) is 31.4 Å². The fraction of sp³-hybridized carbons (Fsp3) is 0.409. The normalized spacial score (nSPS) is 22.9. The van der Waals surface area contributed by atoms with Gasteiger partial charge in [-0.2, -0.15) is 4.31 Å². The maximum Gasteiger partial charge on any atom is 0.573 e. The first-order valence-corrected chi connectivity index (χ1v) is 11.9. The molecule has 4 rings (SSSR count). The number of cyclic esters (lactones) is 1. The molecule has 2 fully saturated rings. The van der Waals surface area contributed by atoms with Crippen LogP contribution in [0.5, 0.6) is 5.75 Å². The lowest BCUT2D eigenvalue weighted by Gasteiger charge is -2.37. The van der Waals surface area contributed by atoms with Gasteiger partial charge in [0.25, 0.3) is 0 Å². The van der Waals surface area contributed by atoms with Gasteiger partial charge in [-0.25, -0.2) is 13.2 Å². The highest BCUT2D eigenvalue weighted by atomic mass is 32.2. The van der Waals surface area contributed by atoms with Crippen molar-refractivity contribution in [1.82, 2.24) is 9.21 Å². The zero-order chi connectivity index (χ0) is 23.8. The lowest BCUT2D eigenvalue weighted by atomic mass is 9.99. The van der Waals surface area contributed by atoms with E-state index in [1.807, 2.05) is 37.3 Å². The number of amides is 1. The van der Waals surface area contributed by atoms with Gasteiger partial charge in [0.2, 0.25) is 10.0 Å². The summed E-state index contributed by atoms with van der Waals surface area (Å²) in [6.45, 7) is 2.27. The summed E-state index contributed by atoms with van der Waals surface area (Å²) in [5.41, 5.74) is 0.902. The van der Waals surface area contributed by atoms with Crippen LogP contribution in [-0.2, 0) is 14.8 Å². The SMILES string of the molecule is CC1C(c2ccccc2)OC(=O)N1C1CCN(S(=O)(=O)c2ccc(OC(F)(F)F)cc2)CC1. The van der Waals surface area contributed by atoms with E-state index >= 15 is 0 Å². The minimum absolute atomic E-state index is 0.117. The van der Waals surface area contributed by atoms with Crippen LogP contribution >= 0.6 is 0 Å². The summed E-state index contributed by atoms with van der Waals surface area (Å²) in [6, 6.07) is 13.2. The molecule has 2 aromatic rings. The minimum Gasteiger partial charge on any atom is -0.439 e. The highest BCUT2D eigenvalue weighted by molar-refractivity contribution is 7.89. The Morgan fingerprint density at radius 2 is 1.61 bits per heavy atom. The summed E-state index contributed by atoms with van der Waals surface area (Å²) in [5.74, 6) is -0.491. The molecule has 0 aliphatic carbocycles. The van der Waals surface area contributed by atoms with Gasteiger partial charge in [0, 0.05) is 19.1 Å². The Hall–Kier alpha value is -2.79. The van der Waals surface area contributed by atoms with Crippen LogP contribution in [0, 0.1) is 0 Å². The Balaban J connectivity index is 1.40. The van der Waals surface area contributed by atoms with Gasteiger partial charge in [0.1, 0.15) is 11.9 Å². The molecule has 0 bridgehead atoms. The summed E-state index contributed by atoms with van der Waals surface area (Å²) < 4.78 is 73.5. The van der Waals surface area contributed by atoms with Gasteiger partial charge in [-0.1, -0.05) is 30.3 Å². The first kappa shape index (κ1) is 23.4. The molecule has 2 atom stereocenters. The third-order valence-corrected chi connectivity index (χ3v) is 7.87. The van der Waals surface area contributed by atoms with Gasteiger partial charge in [0.05, 0.1) is 10.9 Å². The van der Waals surface area contributed by atoms with Crippen molar-refractivity contribution < 1.29 is 35.9 Å². The average Bonchev–Trinajstić information content (AvgIpc) is 3.07. The quantitative estimate of drug-likeness (QED) is 0.632. The largest absolute Gasteiger partial charge is 0.573 e. The summed E-state index contributed by atoms with van der Waals surface area (Å²) in [5, 5.41) is 0. The summed E-state index contributed by atoms with van der Waals surface area (Å²) in [4.78, 5) is 14.1. The highest BCUT2D eigenvalue weighted by Crippen LogP contribution is 2.36. The zero-order valence-electron chi connectivity index (χ0n) is 17.7. The van der Waals surface area contributed by atoms with E-state index in [9.17, 15) is 26.4 Å². The number of nitrogens with zero attached hydrogens (tertiary/aromatic N) is 2. The molecule has 0 radical (unpaired) electrons. The summed E-state index contributed by atoms with van der Waals surface area (Å²) >= 11 is 0. The summed E-state index contributed by atoms with van der Waals surface area (Å²) in [7, 11) is -3.89. The van der Waals surface area contributed by atoms with Crippen molar-refractivity contribution in [3.8, 4) is 5.75 Å². The third kappa shape index (κ3) is 4.93. The van der Waals surface area contributed by atoms with E-state index in [0.29, 0.717) is 12.8 Å². The van der Waals surface area contributed by atoms with Crippen molar-refractivity contribution in [2.24, 2.45) is 0 Å². The average molecular weight is 484 g/mol. The van der Waals surface area contributed by atoms with Gasteiger partial charge in [-0.3, -0.25) is 4.90 Å². The molecule has 178 valence electrons. The first-order chi connectivity index (χ1) is 15.6. The molecule has 2 heterocycles. The van der Waals surface area contributed by atoms with Gasteiger partial charge in [0.15, 0.2) is 0 Å². The van der Waals surface area contributed by atoms with Crippen LogP contribution in [0.4, 0.5) is 18.0 Å². The fourth-order valence-electron chi connectivity index (χ4n) is 4.37. The zero-order valence-corrected chi connectivity index (χ0v) is 18.6. The number of benzene rings is 2. The molecule has 2 saturated heterocycles. The second-order valence-electron chi connectivity index (χ2n) is 8.02. The molecule has 0 N–H and O–H groups in total. The Morgan fingerprint density at radius 3 is 2.18 bits per heavy atom. The number of hydrogen-bond acceptors (Lipinski definition) is 5. The van der Waals surface area contributed by atoms with E-state index in [4.69, 9.17) is 4.74 Å². The van der Waals surface area contributed by atoms with Crippen molar-refractivity contribution >= 4 is 16.1 Å². The second-order valence-corrected chi connectivity index (χ2v) is 9.96. The molecule has 11 heteroatoms. The fourth-order valence-corrected chi connectivity index (χ4v) is 5.84. The van der Waals surface area contributed by atoms with Gasteiger partial charge in [-0.05, 0) is 49.6 Å². The number of sulfonamides is 1. The van der Waals surface area contributed by atoms with Crippen molar-refractivity contribution in [1.29, 1.82) is 0 Å². The van der Waals surface area contributed by atoms with Crippen molar-refractivity contribution in [2.75, 3.05) is 13.1 Å². The smallest absolute Gasteiger partial charge is 0.439 e. The molecule has 0 aromatic heterocycles. The number of carbonyl (C=O) groups is 1. The summed E-state index contributed by atoms with van der Waals surface area (Å²) in [6.07, 6.45) is -4.81. The first-order valence-electron chi connectivity index (χ1n) is 10.5. The van der Waals surface area contributed by atoms with Crippen LogP contribution in [-0.4, -0.2) is 55.3 Å².